The van der Waals surface area contributed by atoms with E-state index >= 15 is 0 Å². The fourth-order valence-corrected chi connectivity index (χ4v) is 3.38. The molecule has 0 radical (unpaired) electrons. The van der Waals surface area contributed by atoms with Gasteiger partial charge in [-0.05, 0) is 37.5 Å². The molecule has 0 spiro atoms. The third-order valence-corrected chi connectivity index (χ3v) is 4.53. The minimum absolute atomic E-state index is 0.130. The van der Waals surface area contributed by atoms with Crippen LogP contribution in [0.2, 0.25) is 0 Å². The number of furan rings is 1. The van der Waals surface area contributed by atoms with E-state index < -0.39 is 0 Å². The molecule has 2 aromatic rings. The van der Waals surface area contributed by atoms with Gasteiger partial charge in [0.25, 0.3) is 0 Å². The van der Waals surface area contributed by atoms with Gasteiger partial charge < -0.3 is 4.42 Å². The number of hydrogen-bond donors (Lipinski definition) is 2. The van der Waals surface area contributed by atoms with Gasteiger partial charge in [0.05, 0.1) is 6.04 Å². The zero-order valence-electron chi connectivity index (χ0n) is 12.2. The summed E-state index contributed by atoms with van der Waals surface area (Å²) in [5.74, 6) is 7.51. The Kier molecular flexibility index (Phi) is 4.08. The van der Waals surface area contributed by atoms with Crippen LogP contribution in [-0.4, -0.2) is 0 Å². The van der Waals surface area contributed by atoms with Gasteiger partial charge in [0.2, 0.25) is 0 Å². The lowest BCUT2D eigenvalue weighted by Crippen LogP contribution is -2.29. The predicted octanol–water partition coefficient (Wildman–Crippen LogP) is 4.22. The van der Waals surface area contributed by atoms with Crippen molar-refractivity contribution < 1.29 is 4.42 Å². The Morgan fingerprint density at radius 2 is 2.05 bits per heavy atom. The molecule has 1 atom stereocenters. The summed E-state index contributed by atoms with van der Waals surface area (Å²) in [5.41, 5.74) is 5.16. The second-order valence-corrected chi connectivity index (χ2v) is 6.15. The molecule has 1 saturated carbocycles. The molecular formula is C17H24N2O. The van der Waals surface area contributed by atoms with E-state index in [-0.39, 0.29) is 6.04 Å². The Hall–Kier alpha value is -1.32. The Labute approximate surface area is 120 Å². The minimum Gasteiger partial charge on any atom is -0.459 e. The van der Waals surface area contributed by atoms with E-state index in [9.17, 15) is 0 Å². The fourth-order valence-electron chi connectivity index (χ4n) is 3.38. The van der Waals surface area contributed by atoms with Gasteiger partial charge in [-0.1, -0.05) is 43.7 Å². The zero-order chi connectivity index (χ0) is 13.9. The van der Waals surface area contributed by atoms with Crippen LogP contribution in [0.5, 0.6) is 0 Å². The molecule has 1 aliphatic carbocycles. The molecule has 1 aliphatic rings. The van der Waals surface area contributed by atoms with Gasteiger partial charge in [0.15, 0.2) is 0 Å². The van der Waals surface area contributed by atoms with E-state index in [0.717, 1.165) is 23.7 Å². The molecule has 3 nitrogen and oxygen atoms in total. The Bertz CT molecular complexity index is 569. The highest BCUT2D eigenvalue weighted by molar-refractivity contribution is 5.78. The summed E-state index contributed by atoms with van der Waals surface area (Å²) in [6.07, 6.45) is 7.86. The number of benzene rings is 1. The summed E-state index contributed by atoms with van der Waals surface area (Å²) in [6.45, 7) is 2.10. The van der Waals surface area contributed by atoms with Gasteiger partial charge in [0.1, 0.15) is 11.3 Å². The molecule has 3 N–H and O–H groups in total. The van der Waals surface area contributed by atoms with Gasteiger partial charge in [-0.3, -0.25) is 5.84 Å². The first kappa shape index (κ1) is 13.7. The number of hydrazine groups is 1. The average Bonchev–Trinajstić information content (AvgIpc) is 2.88. The van der Waals surface area contributed by atoms with Crippen molar-refractivity contribution in [3.05, 3.63) is 35.6 Å². The summed E-state index contributed by atoms with van der Waals surface area (Å²) in [5, 5.41) is 1.17. The van der Waals surface area contributed by atoms with Crippen molar-refractivity contribution in [2.24, 2.45) is 11.8 Å². The number of rotatable bonds is 4. The van der Waals surface area contributed by atoms with E-state index in [0.29, 0.717) is 0 Å². The highest BCUT2D eigenvalue weighted by atomic mass is 16.3. The quantitative estimate of drug-likeness (QED) is 0.647. The van der Waals surface area contributed by atoms with Crippen LogP contribution in [0.25, 0.3) is 11.0 Å². The van der Waals surface area contributed by atoms with Crippen molar-refractivity contribution in [1.29, 1.82) is 0 Å². The Morgan fingerprint density at radius 1 is 1.25 bits per heavy atom. The molecule has 0 bridgehead atoms. The molecule has 3 heteroatoms. The van der Waals surface area contributed by atoms with Gasteiger partial charge in [-0.2, -0.15) is 0 Å². The Balaban J connectivity index is 1.79. The van der Waals surface area contributed by atoms with Crippen LogP contribution in [0.3, 0.4) is 0 Å². The summed E-state index contributed by atoms with van der Waals surface area (Å²) in [7, 11) is 0. The van der Waals surface area contributed by atoms with Crippen LogP contribution >= 0.6 is 0 Å². The van der Waals surface area contributed by atoms with Gasteiger partial charge in [0, 0.05) is 5.39 Å². The van der Waals surface area contributed by atoms with Crippen molar-refractivity contribution >= 4 is 11.0 Å². The van der Waals surface area contributed by atoms with Crippen molar-refractivity contribution in [3.8, 4) is 0 Å². The maximum atomic E-state index is 5.98. The topological polar surface area (TPSA) is 51.2 Å². The summed E-state index contributed by atoms with van der Waals surface area (Å²) in [4.78, 5) is 0. The molecule has 1 heterocycles. The van der Waals surface area contributed by atoms with E-state index in [1.54, 1.807) is 0 Å². The zero-order valence-corrected chi connectivity index (χ0v) is 12.2. The number of hydrogen-bond acceptors (Lipinski definition) is 3. The number of nitrogens with two attached hydrogens (primary N) is 1. The normalized spacial score (nSPS) is 18.5. The SMILES string of the molecule is Cc1ccc2oc(C(CC3CCCCC3)NN)cc2c1. The maximum Gasteiger partial charge on any atom is 0.134 e. The first-order chi connectivity index (χ1) is 9.76. The third kappa shape index (κ3) is 2.89. The molecule has 0 aliphatic heterocycles. The minimum atomic E-state index is 0.130. The van der Waals surface area contributed by atoms with Gasteiger partial charge >= 0.3 is 0 Å². The van der Waals surface area contributed by atoms with Crippen LogP contribution < -0.4 is 11.3 Å². The molecule has 1 fully saturated rings. The summed E-state index contributed by atoms with van der Waals surface area (Å²) < 4.78 is 5.98. The number of fused-ring (bicyclic) bond motifs is 1. The van der Waals surface area contributed by atoms with Crippen LogP contribution in [0.15, 0.2) is 28.7 Å². The molecule has 0 saturated heterocycles. The number of aryl methyl sites for hydroxylation is 1. The number of nitrogens with one attached hydrogen (secondary N) is 1. The summed E-state index contributed by atoms with van der Waals surface area (Å²) >= 11 is 0. The molecule has 108 valence electrons. The van der Waals surface area contributed by atoms with E-state index in [2.05, 4.69) is 30.5 Å². The smallest absolute Gasteiger partial charge is 0.134 e. The van der Waals surface area contributed by atoms with E-state index in [4.69, 9.17) is 10.3 Å². The second kappa shape index (κ2) is 5.98. The maximum absolute atomic E-state index is 5.98. The molecule has 3 rings (SSSR count). The molecular weight excluding hydrogens is 248 g/mol. The van der Waals surface area contributed by atoms with Crippen LogP contribution in [0.1, 0.15) is 55.9 Å². The molecule has 20 heavy (non-hydrogen) atoms. The van der Waals surface area contributed by atoms with E-state index in [1.165, 1.54) is 43.1 Å². The molecule has 1 unspecified atom stereocenters. The van der Waals surface area contributed by atoms with Crippen LogP contribution in [0.4, 0.5) is 0 Å². The summed E-state index contributed by atoms with van der Waals surface area (Å²) in [6, 6.07) is 8.56. The average molecular weight is 272 g/mol. The second-order valence-electron chi connectivity index (χ2n) is 6.15. The van der Waals surface area contributed by atoms with Crippen molar-refractivity contribution in [1.82, 2.24) is 5.43 Å². The predicted molar refractivity (Wildman–Crippen MR) is 82.2 cm³/mol. The first-order valence-electron chi connectivity index (χ1n) is 7.72. The van der Waals surface area contributed by atoms with Gasteiger partial charge in [-0.15, -0.1) is 0 Å². The van der Waals surface area contributed by atoms with Crippen molar-refractivity contribution in [2.45, 2.75) is 51.5 Å². The Morgan fingerprint density at radius 3 is 2.80 bits per heavy atom. The standard InChI is InChI=1S/C17H24N2O/c1-12-7-8-16-14(9-12)11-17(20-16)15(19-18)10-13-5-3-2-4-6-13/h7-9,11,13,15,19H,2-6,10,18H2,1H3. The van der Waals surface area contributed by atoms with E-state index in [1.807, 2.05) is 6.07 Å². The van der Waals surface area contributed by atoms with Crippen LogP contribution in [-0.2, 0) is 0 Å². The largest absolute Gasteiger partial charge is 0.459 e. The monoisotopic (exact) mass is 272 g/mol. The van der Waals surface area contributed by atoms with Crippen molar-refractivity contribution in [2.75, 3.05) is 0 Å². The van der Waals surface area contributed by atoms with Gasteiger partial charge in [-0.25, -0.2) is 5.43 Å². The van der Waals surface area contributed by atoms with Crippen molar-refractivity contribution in [3.63, 3.8) is 0 Å². The highest BCUT2D eigenvalue weighted by Gasteiger charge is 2.22. The molecule has 1 aromatic heterocycles. The van der Waals surface area contributed by atoms with Crippen LogP contribution in [0, 0.1) is 12.8 Å². The first-order valence-corrected chi connectivity index (χ1v) is 7.72. The lowest BCUT2D eigenvalue weighted by atomic mass is 9.84. The molecule has 0 amide bonds. The third-order valence-electron chi connectivity index (χ3n) is 4.53. The fraction of sp³-hybridized carbons (Fsp3) is 0.529. The lowest BCUT2D eigenvalue weighted by Gasteiger charge is -2.25. The highest BCUT2D eigenvalue weighted by Crippen LogP contribution is 2.33. The lowest BCUT2D eigenvalue weighted by molar-refractivity contribution is 0.284. The molecule has 1 aromatic carbocycles.